The average Bonchev–Trinajstić information content (AvgIpc) is 2.72. The smallest absolute Gasteiger partial charge is 0.270 e. The fourth-order valence-electron chi connectivity index (χ4n) is 2.44. The van der Waals surface area contributed by atoms with E-state index >= 15 is 0 Å². The minimum Gasteiger partial charge on any atom is -0.347 e. The number of nitrogens with one attached hydrogen (secondary N) is 2. The quantitative estimate of drug-likeness (QED) is 0.708. The van der Waals surface area contributed by atoms with Crippen molar-refractivity contribution in [2.24, 2.45) is 0 Å². The van der Waals surface area contributed by atoms with Gasteiger partial charge in [-0.25, -0.2) is 4.98 Å². The summed E-state index contributed by atoms with van der Waals surface area (Å²) in [5.41, 5.74) is 3.51. The number of pyridine rings is 2. The summed E-state index contributed by atoms with van der Waals surface area (Å²) >= 11 is 0. The maximum Gasteiger partial charge on any atom is 0.270 e. The maximum absolute atomic E-state index is 12.3. The van der Waals surface area contributed by atoms with Crippen LogP contribution in [-0.4, -0.2) is 21.8 Å². The number of benzene rings is 1. The van der Waals surface area contributed by atoms with E-state index in [2.05, 4.69) is 20.6 Å². The summed E-state index contributed by atoms with van der Waals surface area (Å²) in [5.74, 6) is -0.653. The van der Waals surface area contributed by atoms with Crippen molar-refractivity contribution in [3.05, 3.63) is 95.1 Å². The van der Waals surface area contributed by atoms with Gasteiger partial charge in [-0.15, -0.1) is 0 Å². The van der Waals surface area contributed by atoms with Gasteiger partial charge in [-0.1, -0.05) is 35.9 Å². The fraction of sp³-hybridized carbons (Fsp3) is 0.143. The summed E-state index contributed by atoms with van der Waals surface area (Å²) in [6.45, 7) is 2.78. The molecule has 0 saturated heterocycles. The second kappa shape index (κ2) is 8.71. The molecule has 2 amide bonds. The van der Waals surface area contributed by atoms with Gasteiger partial charge < -0.3 is 10.6 Å². The molecule has 1 aromatic carbocycles. The van der Waals surface area contributed by atoms with Crippen molar-refractivity contribution in [1.29, 1.82) is 0 Å². The predicted molar refractivity (Wildman–Crippen MR) is 102 cm³/mol. The number of carbonyl (C=O) groups is 2. The molecule has 136 valence electrons. The highest BCUT2D eigenvalue weighted by molar-refractivity contribution is 5.96. The molecule has 0 atom stereocenters. The van der Waals surface area contributed by atoms with E-state index in [1.54, 1.807) is 30.6 Å². The molecule has 0 radical (unpaired) electrons. The van der Waals surface area contributed by atoms with E-state index in [0.717, 1.165) is 16.7 Å². The van der Waals surface area contributed by atoms with Crippen LogP contribution in [0.15, 0.2) is 67.0 Å². The molecule has 2 aromatic heterocycles. The third kappa shape index (κ3) is 5.22. The molecular formula is C21H20N4O2. The zero-order valence-electron chi connectivity index (χ0n) is 15.0. The van der Waals surface area contributed by atoms with Gasteiger partial charge in [-0.2, -0.15) is 0 Å². The van der Waals surface area contributed by atoms with Crippen molar-refractivity contribution in [3.63, 3.8) is 0 Å². The lowest BCUT2D eigenvalue weighted by atomic mass is 10.1. The Balaban J connectivity index is 1.59. The normalized spacial score (nSPS) is 10.3. The standard InChI is InChI=1S/C21H20N4O2/c1-15-5-7-16(8-6-15)13-23-20(26)18-3-2-4-19(25-18)21(27)24-14-17-9-11-22-12-10-17/h2-12H,13-14H2,1H3,(H,23,26)(H,24,27). The molecule has 0 bridgehead atoms. The molecule has 27 heavy (non-hydrogen) atoms. The first kappa shape index (κ1) is 18.3. The molecule has 0 spiro atoms. The van der Waals surface area contributed by atoms with Gasteiger partial charge in [0.25, 0.3) is 11.8 Å². The molecule has 0 aliphatic carbocycles. The lowest BCUT2D eigenvalue weighted by molar-refractivity contribution is 0.0941. The van der Waals surface area contributed by atoms with Crippen LogP contribution in [0.2, 0.25) is 0 Å². The third-order valence-electron chi connectivity index (χ3n) is 3.99. The fourth-order valence-corrected chi connectivity index (χ4v) is 2.44. The number of carbonyl (C=O) groups excluding carboxylic acids is 2. The van der Waals surface area contributed by atoms with E-state index in [0.29, 0.717) is 13.1 Å². The number of nitrogens with zero attached hydrogens (tertiary/aromatic N) is 2. The minimum absolute atomic E-state index is 0.201. The van der Waals surface area contributed by atoms with Gasteiger partial charge in [0.05, 0.1) is 0 Å². The molecule has 2 heterocycles. The zero-order chi connectivity index (χ0) is 19.1. The summed E-state index contributed by atoms with van der Waals surface area (Å²) in [7, 11) is 0. The van der Waals surface area contributed by atoms with Crippen LogP contribution in [0.4, 0.5) is 0 Å². The number of hydrogen-bond donors (Lipinski definition) is 2. The first-order valence-electron chi connectivity index (χ1n) is 8.60. The van der Waals surface area contributed by atoms with Crippen molar-refractivity contribution in [3.8, 4) is 0 Å². The molecular weight excluding hydrogens is 340 g/mol. The number of rotatable bonds is 6. The molecule has 6 heteroatoms. The van der Waals surface area contributed by atoms with Crippen LogP contribution in [0.1, 0.15) is 37.7 Å². The predicted octanol–water partition coefficient (Wildman–Crippen LogP) is 2.65. The van der Waals surface area contributed by atoms with Gasteiger partial charge >= 0.3 is 0 Å². The summed E-state index contributed by atoms with van der Waals surface area (Å²) in [4.78, 5) is 32.7. The van der Waals surface area contributed by atoms with Crippen molar-refractivity contribution in [1.82, 2.24) is 20.6 Å². The highest BCUT2D eigenvalue weighted by atomic mass is 16.2. The Morgan fingerprint density at radius 2 is 1.30 bits per heavy atom. The molecule has 2 N–H and O–H groups in total. The topological polar surface area (TPSA) is 84.0 Å². The lowest BCUT2D eigenvalue weighted by Gasteiger charge is -2.08. The van der Waals surface area contributed by atoms with E-state index in [1.165, 1.54) is 0 Å². The third-order valence-corrected chi connectivity index (χ3v) is 3.99. The van der Waals surface area contributed by atoms with Crippen LogP contribution < -0.4 is 10.6 Å². The van der Waals surface area contributed by atoms with Crippen LogP contribution in [0, 0.1) is 6.92 Å². The van der Waals surface area contributed by atoms with E-state index in [9.17, 15) is 9.59 Å². The van der Waals surface area contributed by atoms with Crippen molar-refractivity contribution in [2.75, 3.05) is 0 Å². The van der Waals surface area contributed by atoms with E-state index in [4.69, 9.17) is 0 Å². The van der Waals surface area contributed by atoms with Gasteiger partial charge in [-0.05, 0) is 42.3 Å². The summed E-state index contributed by atoms with van der Waals surface area (Å²) in [5, 5.41) is 5.60. The van der Waals surface area contributed by atoms with Gasteiger partial charge in [0.1, 0.15) is 11.4 Å². The summed E-state index contributed by atoms with van der Waals surface area (Å²) in [6.07, 6.45) is 3.33. The Labute approximate surface area is 157 Å². The molecule has 3 aromatic rings. The van der Waals surface area contributed by atoms with Crippen LogP contribution in [0.5, 0.6) is 0 Å². The van der Waals surface area contributed by atoms with Gasteiger partial charge in [0, 0.05) is 25.5 Å². The van der Waals surface area contributed by atoms with E-state index in [-0.39, 0.29) is 23.2 Å². The first-order valence-corrected chi connectivity index (χ1v) is 8.60. The molecule has 3 rings (SSSR count). The molecule has 0 fully saturated rings. The molecule has 0 aliphatic heterocycles. The molecule has 0 unspecified atom stereocenters. The monoisotopic (exact) mass is 360 g/mol. The molecule has 0 saturated carbocycles. The Hall–Kier alpha value is -3.54. The van der Waals surface area contributed by atoms with E-state index in [1.807, 2.05) is 43.3 Å². The summed E-state index contributed by atoms with van der Waals surface area (Å²) < 4.78 is 0. The van der Waals surface area contributed by atoms with E-state index < -0.39 is 0 Å². The lowest BCUT2D eigenvalue weighted by Crippen LogP contribution is -2.27. The van der Waals surface area contributed by atoms with Crippen LogP contribution in [-0.2, 0) is 13.1 Å². The number of aryl methyl sites for hydroxylation is 1. The van der Waals surface area contributed by atoms with Crippen molar-refractivity contribution < 1.29 is 9.59 Å². The Morgan fingerprint density at radius 1 is 0.778 bits per heavy atom. The van der Waals surface area contributed by atoms with Gasteiger partial charge in [0.2, 0.25) is 0 Å². The number of aromatic nitrogens is 2. The number of amides is 2. The van der Waals surface area contributed by atoms with Gasteiger partial charge in [0.15, 0.2) is 0 Å². The summed E-state index contributed by atoms with van der Waals surface area (Å²) in [6, 6.07) is 16.4. The van der Waals surface area contributed by atoms with Crippen molar-refractivity contribution >= 4 is 11.8 Å². The second-order valence-corrected chi connectivity index (χ2v) is 6.11. The Kier molecular flexibility index (Phi) is 5.89. The SMILES string of the molecule is Cc1ccc(CNC(=O)c2cccc(C(=O)NCc3ccncc3)n2)cc1. The largest absolute Gasteiger partial charge is 0.347 e. The van der Waals surface area contributed by atoms with Crippen LogP contribution >= 0.6 is 0 Å². The highest BCUT2D eigenvalue weighted by Crippen LogP contribution is 2.05. The van der Waals surface area contributed by atoms with Crippen LogP contribution in [0.25, 0.3) is 0 Å². The average molecular weight is 360 g/mol. The molecule has 0 aliphatic rings. The number of hydrogen-bond acceptors (Lipinski definition) is 4. The zero-order valence-corrected chi connectivity index (χ0v) is 15.0. The molecule has 6 nitrogen and oxygen atoms in total. The van der Waals surface area contributed by atoms with Crippen molar-refractivity contribution in [2.45, 2.75) is 20.0 Å². The minimum atomic E-state index is -0.333. The van der Waals surface area contributed by atoms with Crippen LogP contribution in [0.3, 0.4) is 0 Å². The Bertz CT molecular complexity index is 924. The second-order valence-electron chi connectivity index (χ2n) is 6.11. The first-order chi connectivity index (χ1) is 13.1. The van der Waals surface area contributed by atoms with Gasteiger partial charge in [-0.3, -0.25) is 14.6 Å². The highest BCUT2D eigenvalue weighted by Gasteiger charge is 2.12. The maximum atomic E-state index is 12.3. The Morgan fingerprint density at radius 3 is 1.85 bits per heavy atom.